The van der Waals surface area contributed by atoms with Crippen LogP contribution < -0.4 is 0 Å². The van der Waals surface area contributed by atoms with E-state index in [9.17, 15) is 9.59 Å². The third kappa shape index (κ3) is 10.9. The van der Waals surface area contributed by atoms with Crippen molar-refractivity contribution in [3.05, 3.63) is 69.7 Å². The number of hydrogen-bond acceptors (Lipinski definition) is 2. The molecule has 2 unspecified atom stereocenters. The Labute approximate surface area is 213 Å². The second-order valence-electron chi connectivity index (χ2n) is 9.01. The SMILES string of the molecule is O=C(O)CCCCCCC(c1ccc(Cl)cc1)C(CCCCCCC(=O)O)c1ccc(Cl)cc1. The Kier molecular flexibility index (Phi) is 13.1. The van der Waals surface area contributed by atoms with Gasteiger partial charge in [-0.3, -0.25) is 9.59 Å². The maximum Gasteiger partial charge on any atom is 0.303 e. The van der Waals surface area contributed by atoms with Gasteiger partial charge in [-0.1, -0.05) is 86.0 Å². The summed E-state index contributed by atoms with van der Waals surface area (Å²) in [5.74, 6) is -0.829. The zero-order valence-electron chi connectivity index (χ0n) is 19.7. The maximum absolute atomic E-state index is 10.8. The molecule has 6 heteroatoms. The minimum atomic E-state index is -0.731. The number of halogens is 2. The van der Waals surface area contributed by atoms with Crippen molar-refractivity contribution in [3.63, 3.8) is 0 Å². The molecule has 2 atom stereocenters. The maximum atomic E-state index is 10.8. The van der Waals surface area contributed by atoms with Crippen molar-refractivity contribution < 1.29 is 19.8 Å². The van der Waals surface area contributed by atoms with Crippen LogP contribution in [0.5, 0.6) is 0 Å². The molecule has 2 N–H and O–H groups in total. The predicted octanol–water partition coefficient (Wildman–Crippen LogP) is 8.71. The Hall–Kier alpha value is -2.04. The van der Waals surface area contributed by atoms with Gasteiger partial charge in [-0.25, -0.2) is 0 Å². The van der Waals surface area contributed by atoms with Crippen molar-refractivity contribution in [2.24, 2.45) is 0 Å². The first-order valence-electron chi connectivity index (χ1n) is 12.3. The third-order valence-electron chi connectivity index (χ3n) is 6.39. The Morgan fingerprint density at radius 1 is 0.559 bits per heavy atom. The highest BCUT2D eigenvalue weighted by atomic mass is 35.5. The van der Waals surface area contributed by atoms with Crippen LogP contribution in [0.2, 0.25) is 10.0 Å². The smallest absolute Gasteiger partial charge is 0.303 e. The van der Waals surface area contributed by atoms with Crippen LogP contribution in [-0.2, 0) is 9.59 Å². The molecule has 0 aliphatic carbocycles. The molecule has 34 heavy (non-hydrogen) atoms. The van der Waals surface area contributed by atoms with Crippen molar-refractivity contribution in [2.45, 2.75) is 88.9 Å². The second-order valence-corrected chi connectivity index (χ2v) is 9.88. The van der Waals surface area contributed by atoms with Crippen molar-refractivity contribution in [3.8, 4) is 0 Å². The van der Waals surface area contributed by atoms with Gasteiger partial charge in [0.1, 0.15) is 0 Å². The highest BCUT2D eigenvalue weighted by Gasteiger charge is 2.24. The Balaban J connectivity index is 2.12. The molecule has 186 valence electrons. The molecule has 0 amide bonds. The summed E-state index contributed by atoms with van der Waals surface area (Å²) in [6.45, 7) is 0. The molecule has 2 aromatic carbocycles. The lowest BCUT2D eigenvalue weighted by Crippen LogP contribution is -2.12. The van der Waals surface area contributed by atoms with Crippen LogP contribution in [0.25, 0.3) is 0 Å². The lowest BCUT2D eigenvalue weighted by Gasteiger charge is -2.29. The monoisotopic (exact) mass is 506 g/mol. The standard InChI is InChI=1S/C28H36Cl2O4/c29-23-17-13-21(14-18-23)25(9-5-1-3-7-11-27(31)32)26(22-15-19-24(30)20-16-22)10-6-2-4-8-12-28(33)34/h13-20,25-26H,1-12H2,(H,31,32)(H,33,34). The number of benzene rings is 2. The fourth-order valence-electron chi connectivity index (χ4n) is 4.61. The molecule has 2 aromatic rings. The lowest BCUT2D eigenvalue weighted by atomic mass is 9.76. The highest BCUT2D eigenvalue weighted by Crippen LogP contribution is 2.41. The van der Waals surface area contributed by atoms with E-state index >= 15 is 0 Å². The van der Waals surface area contributed by atoms with Crippen LogP contribution in [0.4, 0.5) is 0 Å². The first-order valence-corrected chi connectivity index (χ1v) is 13.1. The number of carbonyl (C=O) groups is 2. The molecular weight excluding hydrogens is 471 g/mol. The molecule has 0 radical (unpaired) electrons. The van der Waals surface area contributed by atoms with Crippen LogP contribution in [0.15, 0.2) is 48.5 Å². The molecule has 0 aliphatic rings. The van der Waals surface area contributed by atoms with Gasteiger partial charge in [0.25, 0.3) is 0 Å². The molecule has 0 bridgehead atoms. The van der Waals surface area contributed by atoms with Crippen LogP contribution in [0, 0.1) is 0 Å². The van der Waals surface area contributed by atoms with Gasteiger partial charge in [0.15, 0.2) is 0 Å². The molecule has 0 saturated heterocycles. The molecule has 2 rings (SSSR count). The van der Waals surface area contributed by atoms with Crippen LogP contribution in [-0.4, -0.2) is 22.2 Å². The summed E-state index contributed by atoms with van der Waals surface area (Å²) in [6, 6.07) is 16.3. The minimum absolute atomic E-state index is 0.232. The van der Waals surface area contributed by atoms with Crippen LogP contribution in [0.1, 0.15) is 100 Å². The molecule has 0 heterocycles. The van der Waals surface area contributed by atoms with E-state index in [-0.39, 0.29) is 12.8 Å². The number of aliphatic carboxylic acids is 2. The van der Waals surface area contributed by atoms with E-state index in [1.54, 1.807) is 0 Å². The summed E-state index contributed by atoms with van der Waals surface area (Å²) >= 11 is 12.3. The van der Waals surface area contributed by atoms with E-state index in [1.165, 1.54) is 11.1 Å². The molecule has 0 aromatic heterocycles. The van der Waals surface area contributed by atoms with Gasteiger partial charge < -0.3 is 10.2 Å². The molecule has 0 fully saturated rings. The predicted molar refractivity (Wildman–Crippen MR) is 139 cm³/mol. The van der Waals surface area contributed by atoms with E-state index in [0.717, 1.165) is 74.3 Å². The number of rotatable bonds is 17. The molecular formula is C28H36Cl2O4. The minimum Gasteiger partial charge on any atom is -0.481 e. The average Bonchev–Trinajstić information content (AvgIpc) is 2.80. The molecule has 0 saturated carbocycles. The number of unbranched alkanes of at least 4 members (excludes halogenated alkanes) is 6. The Morgan fingerprint density at radius 2 is 0.882 bits per heavy atom. The summed E-state index contributed by atoms with van der Waals surface area (Å²) in [5, 5.41) is 19.2. The normalized spacial score (nSPS) is 12.9. The highest BCUT2D eigenvalue weighted by molar-refractivity contribution is 6.30. The number of hydrogen-bond donors (Lipinski definition) is 2. The fourth-order valence-corrected chi connectivity index (χ4v) is 4.86. The van der Waals surface area contributed by atoms with Crippen molar-refractivity contribution in [2.75, 3.05) is 0 Å². The van der Waals surface area contributed by atoms with Gasteiger partial charge in [0.2, 0.25) is 0 Å². The largest absolute Gasteiger partial charge is 0.481 e. The first kappa shape index (κ1) is 28.2. The van der Waals surface area contributed by atoms with Gasteiger partial charge in [-0.05, 0) is 72.9 Å². The first-order chi connectivity index (χ1) is 16.4. The van der Waals surface area contributed by atoms with E-state index in [0.29, 0.717) is 11.8 Å². The van der Waals surface area contributed by atoms with E-state index in [2.05, 4.69) is 24.3 Å². The quantitative estimate of drug-likeness (QED) is 0.210. The third-order valence-corrected chi connectivity index (χ3v) is 6.90. The fraction of sp³-hybridized carbons (Fsp3) is 0.500. The summed E-state index contributed by atoms with van der Waals surface area (Å²) in [6.07, 6.45) is 9.89. The van der Waals surface area contributed by atoms with Gasteiger partial charge >= 0.3 is 11.9 Å². The number of carboxylic acid groups (broad SMARTS) is 2. The summed E-state index contributed by atoms with van der Waals surface area (Å²) in [7, 11) is 0. The van der Waals surface area contributed by atoms with Gasteiger partial charge in [-0.15, -0.1) is 0 Å². The molecule has 4 nitrogen and oxygen atoms in total. The zero-order chi connectivity index (χ0) is 24.8. The van der Waals surface area contributed by atoms with E-state index in [4.69, 9.17) is 33.4 Å². The van der Waals surface area contributed by atoms with Gasteiger partial charge in [-0.2, -0.15) is 0 Å². The summed E-state index contributed by atoms with van der Waals surface area (Å²) < 4.78 is 0. The van der Waals surface area contributed by atoms with Gasteiger partial charge in [0.05, 0.1) is 0 Å². The molecule has 0 spiro atoms. The zero-order valence-corrected chi connectivity index (χ0v) is 21.2. The summed E-state index contributed by atoms with van der Waals surface area (Å²) in [4.78, 5) is 21.5. The topological polar surface area (TPSA) is 74.6 Å². The number of carboxylic acids is 2. The second kappa shape index (κ2) is 15.8. The Bertz CT molecular complexity index is 791. The van der Waals surface area contributed by atoms with Crippen LogP contribution >= 0.6 is 23.2 Å². The van der Waals surface area contributed by atoms with E-state index in [1.807, 2.05) is 24.3 Å². The van der Waals surface area contributed by atoms with Crippen LogP contribution in [0.3, 0.4) is 0 Å². The Morgan fingerprint density at radius 3 is 1.21 bits per heavy atom. The molecule has 0 aliphatic heterocycles. The van der Waals surface area contributed by atoms with Gasteiger partial charge in [0, 0.05) is 22.9 Å². The lowest BCUT2D eigenvalue weighted by molar-refractivity contribution is -0.138. The van der Waals surface area contributed by atoms with Crippen molar-refractivity contribution in [1.82, 2.24) is 0 Å². The van der Waals surface area contributed by atoms with Crippen molar-refractivity contribution in [1.29, 1.82) is 0 Å². The van der Waals surface area contributed by atoms with E-state index < -0.39 is 11.9 Å². The average molecular weight is 507 g/mol. The van der Waals surface area contributed by atoms with Crippen molar-refractivity contribution >= 4 is 35.1 Å². The summed E-state index contributed by atoms with van der Waals surface area (Å²) in [5.41, 5.74) is 2.53.